The molecular weight excluding hydrogens is 402 g/mol. The van der Waals surface area contributed by atoms with Crippen LogP contribution in [0.1, 0.15) is 22.8 Å². The van der Waals surface area contributed by atoms with E-state index in [1.165, 1.54) is 0 Å². The van der Waals surface area contributed by atoms with Crippen LogP contribution in [0, 0.1) is 0 Å². The number of hydrogen-bond donors (Lipinski definition) is 1. The van der Waals surface area contributed by atoms with E-state index in [0.29, 0.717) is 22.6 Å². The van der Waals surface area contributed by atoms with Crippen LogP contribution in [-0.2, 0) is 16.1 Å². The molecular formula is C27H23NO4. The number of ether oxygens (including phenoxy) is 2. The van der Waals surface area contributed by atoms with Crippen molar-refractivity contribution in [2.45, 2.75) is 19.6 Å². The number of rotatable bonds is 7. The van der Waals surface area contributed by atoms with Crippen LogP contribution in [0.4, 0.5) is 5.69 Å². The molecule has 0 aliphatic heterocycles. The number of amides is 1. The minimum Gasteiger partial charge on any atom is -0.489 e. The van der Waals surface area contributed by atoms with Gasteiger partial charge < -0.3 is 14.8 Å². The molecule has 160 valence electrons. The summed E-state index contributed by atoms with van der Waals surface area (Å²) in [5, 5.41) is 4.91. The van der Waals surface area contributed by atoms with Crippen molar-refractivity contribution in [3.05, 3.63) is 108 Å². The van der Waals surface area contributed by atoms with E-state index in [0.717, 1.165) is 10.8 Å². The van der Waals surface area contributed by atoms with Crippen molar-refractivity contribution in [3.63, 3.8) is 0 Å². The summed E-state index contributed by atoms with van der Waals surface area (Å²) in [5.41, 5.74) is 1.70. The third-order valence-electron chi connectivity index (χ3n) is 5.04. The van der Waals surface area contributed by atoms with E-state index >= 15 is 0 Å². The van der Waals surface area contributed by atoms with E-state index < -0.39 is 18.0 Å². The third-order valence-corrected chi connectivity index (χ3v) is 5.04. The van der Waals surface area contributed by atoms with Gasteiger partial charge in [-0.15, -0.1) is 0 Å². The van der Waals surface area contributed by atoms with Crippen LogP contribution in [0.15, 0.2) is 97.1 Å². The van der Waals surface area contributed by atoms with Gasteiger partial charge >= 0.3 is 5.97 Å². The highest BCUT2D eigenvalue weighted by Gasteiger charge is 2.21. The van der Waals surface area contributed by atoms with Gasteiger partial charge in [0.25, 0.3) is 5.91 Å². The molecule has 4 aromatic rings. The molecule has 0 fully saturated rings. The molecule has 0 spiro atoms. The summed E-state index contributed by atoms with van der Waals surface area (Å²) >= 11 is 0. The van der Waals surface area contributed by atoms with E-state index in [9.17, 15) is 9.59 Å². The minimum atomic E-state index is -0.961. The van der Waals surface area contributed by atoms with E-state index in [1.807, 2.05) is 78.9 Å². The van der Waals surface area contributed by atoms with Crippen LogP contribution < -0.4 is 10.1 Å². The van der Waals surface area contributed by atoms with Crippen LogP contribution >= 0.6 is 0 Å². The number of anilines is 1. The predicted octanol–water partition coefficient (Wildman–Crippen LogP) is 5.60. The number of carbonyl (C=O) groups excluding carboxylic acids is 2. The molecule has 0 saturated carbocycles. The average molecular weight is 425 g/mol. The smallest absolute Gasteiger partial charge is 0.339 e. The Balaban J connectivity index is 1.40. The minimum absolute atomic E-state index is 0.215. The van der Waals surface area contributed by atoms with Gasteiger partial charge in [-0.3, -0.25) is 4.79 Å². The molecule has 0 saturated heterocycles. The molecule has 0 bridgehead atoms. The SMILES string of the molecule is CC(OC(=O)c1ccccc1COc1ccccc1)C(=O)Nc1ccc2ccccc2c1. The first-order chi connectivity index (χ1) is 15.6. The maximum absolute atomic E-state index is 12.8. The van der Waals surface area contributed by atoms with Gasteiger partial charge in [-0.05, 0) is 48.0 Å². The van der Waals surface area contributed by atoms with Crippen molar-refractivity contribution >= 4 is 28.3 Å². The Kier molecular flexibility index (Phi) is 6.46. The van der Waals surface area contributed by atoms with Crippen LogP contribution in [0.2, 0.25) is 0 Å². The van der Waals surface area contributed by atoms with Crippen LogP contribution in [0.3, 0.4) is 0 Å². The topological polar surface area (TPSA) is 64.6 Å². The number of fused-ring (bicyclic) bond motifs is 1. The zero-order valence-electron chi connectivity index (χ0n) is 17.7. The maximum Gasteiger partial charge on any atom is 0.339 e. The Labute approximate surface area is 186 Å². The molecule has 0 aliphatic rings. The predicted molar refractivity (Wildman–Crippen MR) is 125 cm³/mol. The fourth-order valence-corrected chi connectivity index (χ4v) is 3.31. The van der Waals surface area contributed by atoms with Gasteiger partial charge in [-0.25, -0.2) is 4.79 Å². The Morgan fingerprint density at radius 3 is 2.31 bits per heavy atom. The summed E-state index contributed by atoms with van der Waals surface area (Å²) in [6, 6.07) is 29.9. The normalized spacial score (nSPS) is 11.5. The van der Waals surface area contributed by atoms with Crippen LogP contribution in [0.5, 0.6) is 5.75 Å². The van der Waals surface area contributed by atoms with Crippen molar-refractivity contribution in [1.82, 2.24) is 0 Å². The van der Waals surface area contributed by atoms with Gasteiger partial charge in [0.15, 0.2) is 6.10 Å². The van der Waals surface area contributed by atoms with Gasteiger partial charge in [-0.1, -0.05) is 66.7 Å². The molecule has 4 rings (SSSR count). The molecule has 1 unspecified atom stereocenters. The number of para-hydroxylation sites is 1. The van der Waals surface area contributed by atoms with E-state index in [-0.39, 0.29) is 6.61 Å². The zero-order chi connectivity index (χ0) is 22.3. The number of benzene rings is 4. The number of esters is 1. The Hall–Kier alpha value is -4.12. The Morgan fingerprint density at radius 2 is 1.50 bits per heavy atom. The van der Waals surface area contributed by atoms with Crippen LogP contribution in [-0.4, -0.2) is 18.0 Å². The number of hydrogen-bond acceptors (Lipinski definition) is 4. The molecule has 0 heterocycles. The van der Waals surface area contributed by atoms with Gasteiger partial charge in [0, 0.05) is 11.3 Å². The van der Waals surface area contributed by atoms with Crippen molar-refractivity contribution in [3.8, 4) is 5.75 Å². The van der Waals surface area contributed by atoms with Crippen molar-refractivity contribution < 1.29 is 19.1 Å². The molecule has 32 heavy (non-hydrogen) atoms. The quantitative estimate of drug-likeness (QED) is 0.391. The number of carbonyl (C=O) groups is 2. The molecule has 5 nitrogen and oxygen atoms in total. The van der Waals surface area contributed by atoms with Gasteiger partial charge in [-0.2, -0.15) is 0 Å². The molecule has 0 radical (unpaired) electrons. The first kappa shape index (κ1) is 21.1. The van der Waals surface area contributed by atoms with E-state index in [1.54, 1.807) is 25.1 Å². The monoisotopic (exact) mass is 425 g/mol. The van der Waals surface area contributed by atoms with Gasteiger partial charge in [0.2, 0.25) is 0 Å². The highest BCUT2D eigenvalue weighted by Crippen LogP contribution is 2.20. The molecule has 0 aromatic heterocycles. The van der Waals surface area contributed by atoms with Crippen molar-refractivity contribution in [2.75, 3.05) is 5.32 Å². The Bertz CT molecular complexity index is 1240. The average Bonchev–Trinajstić information content (AvgIpc) is 2.83. The largest absolute Gasteiger partial charge is 0.489 e. The highest BCUT2D eigenvalue weighted by atomic mass is 16.5. The second-order valence-electron chi connectivity index (χ2n) is 7.36. The maximum atomic E-state index is 12.8. The first-order valence-electron chi connectivity index (χ1n) is 10.4. The summed E-state index contributed by atoms with van der Waals surface area (Å²) in [4.78, 5) is 25.4. The summed E-state index contributed by atoms with van der Waals surface area (Å²) < 4.78 is 11.2. The molecule has 1 amide bonds. The van der Waals surface area contributed by atoms with Crippen LogP contribution in [0.25, 0.3) is 10.8 Å². The van der Waals surface area contributed by atoms with Gasteiger partial charge in [0.1, 0.15) is 12.4 Å². The fraction of sp³-hybridized carbons (Fsp3) is 0.111. The van der Waals surface area contributed by atoms with Gasteiger partial charge in [0.05, 0.1) is 5.56 Å². The second kappa shape index (κ2) is 9.79. The third kappa shape index (κ3) is 5.13. The lowest BCUT2D eigenvalue weighted by molar-refractivity contribution is -0.123. The lowest BCUT2D eigenvalue weighted by Crippen LogP contribution is -2.30. The summed E-state index contributed by atoms with van der Waals surface area (Å²) in [6.45, 7) is 1.77. The standard InChI is InChI=1S/C27H23NO4/c1-19(26(29)28-23-16-15-20-9-5-6-10-21(20)17-23)32-27(30)25-14-8-7-11-22(25)18-31-24-12-3-2-4-13-24/h2-17,19H,18H2,1H3,(H,28,29). The number of nitrogens with one attached hydrogen (secondary N) is 1. The first-order valence-corrected chi connectivity index (χ1v) is 10.4. The summed E-state index contributed by atoms with van der Waals surface area (Å²) in [5.74, 6) is -0.260. The molecule has 4 aromatic carbocycles. The second-order valence-corrected chi connectivity index (χ2v) is 7.36. The van der Waals surface area contributed by atoms with Crippen molar-refractivity contribution in [1.29, 1.82) is 0 Å². The molecule has 1 atom stereocenters. The zero-order valence-corrected chi connectivity index (χ0v) is 17.7. The van der Waals surface area contributed by atoms with E-state index in [2.05, 4.69) is 5.32 Å². The fourth-order valence-electron chi connectivity index (χ4n) is 3.31. The molecule has 1 N–H and O–H groups in total. The van der Waals surface area contributed by atoms with E-state index in [4.69, 9.17) is 9.47 Å². The highest BCUT2D eigenvalue weighted by molar-refractivity contribution is 5.99. The summed E-state index contributed by atoms with van der Waals surface area (Å²) in [7, 11) is 0. The lowest BCUT2D eigenvalue weighted by atomic mass is 10.1. The van der Waals surface area contributed by atoms with Crippen molar-refractivity contribution in [2.24, 2.45) is 0 Å². The summed E-state index contributed by atoms with van der Waals surface area (Å²) in [6.07, 6.45) is -0.961. The lowest BCUT2D eigenvalue weighted by Gasteiger charge is -2.15. The molecule has 5 heteroatoms. The Morgan fingerprint density at radius 1 is 0.812 bits per heavy atom. The molecule has 0 aliphatic carbocycles.